The van der Waals surface area contributed by atoms with Crippen LogP contribution in [0.25, 0.3) is 0 Å². The van der Waals surface area contributed by atoms with Crippen LogP contribution in [0, 0.1) is 0 Å². The van der Waals surface area contributed by atoms with Crippen LogP contribution in [0.3, 0.4) is 0 Å². The van der Waals surface area contributed by atoms with E-state index in [2.05, 4.69) is 10.0 Å². The van der Waals surface area contributed by atoms with Gasteiger partial charge in [-0.3, -0.25) is 9.36 Å². The van der Waals surface area contributed by atoms with Gasteiger partial charge in [-0.15, -0.1) is 12.4 Å². The number of halogens is 1. The molecule has 2 N–H and O–H groups in total. The molecule has 110 valence electrons. The van der Waals surface area contributed by atoms with Crippen molar-refractivity contribution in [1.82, 2.24) is 19.2 Å². The van der Waals surface area contributed by atoms with Crippen LogP contribution < -0.4 is 21.3 Å². The number of hydrogen-bond donors (Lipinski definition) is 2. The number of rotatable bonds is 5. The monoisotopic (exact) mass is 312 g/mol. The highest BCUT2D eigenvalue weighted by molar-refractivity contribution is 7.89. The average Bonchev–Trinajstić information content (AvgIpc) is 2.31. The third kappa shape index (κ3) is 3.90. The lowest BCUT2D eigenvalue weighted by atomic mass is 10.6. The van der Waals surface area contributed by atoms with Gasteiger partial charge in [0.1, 0.15) is 0 Å². The highest BCUT2D eigenvalue weighted by Gasteiger charge is 2.20. The van der Waals surface area contributed by atoms with Crippen molar-refractivity contribution in [2.24, 2.45) is 14.1 Å². The van der Waals surface area contributed by atoms with Crippen LogP contribution in [0.1, 0.15) is 0 Å². The molecule has 0 radical (unpaired) electrons. The van der Waals surface area contributed by atoms with Gasteiger partial charge < -0.3 is 9.88 Å². The summed E-state index contributed by atoms with van der Waals surface area (Å²) in [5, 5.41) is 2.77. The molecule has 0 amide bonds. The molecule has 0 saturated carbocycles. The number of aromatic nitrogens is 2. The summed E-state index contributed by atoms with van der Waals surface area (Å²) in [6.45, 7) is 0.593. The molecule has 0 saturated heterocycles. The summed E-state index contributed by atoms with van der Waals surface area (Å²) >= 11 is 0. The summed E-state index contributed by atoms with van der Waals surface area (Å²) < 4.78 is 27.8. The summed E-state index contributed by atoms with van der Waals surface area (Å²) in [4.78, 5) is 22.7. The lowest BCUT2D eigenvalue weighted by Gasteiger charge is -2.08. The lowest BCUT2D eigenvalue weighted by Crippen LogP contribution is -2.42. The Bertz CT molecular complexity index is 649. The van der Waals surface area contributed by atoms with Gasteiger partial charge in [0.15, 0.2) is 4.90 Å². The summed E-state index contributed by atoms with van der Waals surface area (Å²) in [7, 11) is 0.389. The number of aryl methyl sites for hydroxylation is 1. The van der Waals surface area contributed by atoms with Crippen LogP contribution in [0.4, 0.5) is 0 Å². The minimum atomic E-state index is -3.91. The van der Waals surface area contributed by atoms with Crippen molar-refractivity contribution in [3.63, 3.8) is 0 Å². The predicted octanol–water partition coefficient (Wildman–Crippen LogP) is -2.00. The van der Waals surface area contributed by atoms with Crippen molar-refractivity contribution in [1.29, 1.82) is 0 Å². The average molecular weight is 313 g/mol. The molecule has 0 spiro atoms. The molecular weight excluding hydrogens is 296 g/mol. The van der Waals surface area contributed by atoms with Crippen LogP contribution in [-0.4, -0.2) is 37.7 Å². The fraction of sp³-hybridized carbons (Fsp3) is 0.556. The topological polar surface area (TPSA) is 102 Å². The number of likely N-dealkylation sites (N-methyl/N-ethyl adjacent to an activating group) is 1. The van der Waals surface area contributed by atoms with Crippen LogP contribution in [0.5, 0.6) is 0 Å². The van der Waals surface area contributed by atoms with E-state index in [1.807, 2.05) is 0 Å². The van der Waals surface area contributed by atoms with Gasteiger partial charge in [-0.2, -0.15) is 0 Å². The van der Waals surface area contributed by atoms with Crippen LogP contribution in [0.15, 0.2) is 20.7 Å². The Morgan fingerprint density at radius 2 is 1.79 bits per heavy atom. The second-order valence-electron chi connectivity index (χ2n) is 3.75. The summed E-state index contributed by atoms with van der Waals surface area (Å²) in [6.07, 6.45) is 1.02. The van der Waals surface area contributed by atoms with Crippen molar-refractivity contribution >= 4 is 22.4 Å². The van der Waals surface area contributed by atoms with E-state index >= 15 is 0 Å². The van der Waals surface area contributed by atoms with Crippen molar-refractivity contribution in [3.8, 4) is 0 Å². The SMILES string of the molecule is CNCCNS(=O)(=O)c1cn(C)c(=O)n(C)c1=O.Cl. The van der Waals surface area contributed by atoms with E-state index < -0.39 is 26.2 Å². The van der Waals surface area contributed by atoms with E-state index in [0.29, 0.717) is 6.54 Å². The first kappa shape index (κ1) is 17.8. The molecule has 8 nitrogen and oxygen atoms in total. The smallest absolute Gasteiger partial charge is 0.318 e. The molecule has 0 aliphatic carbocycles. The summed E-state index contributed by atoms with van der Waals surface area (Å²) in [5.74, 6) is 0. The van der Waals surface area contributed by atoms with E-state index in [1.54, 1.807) is 7.05 Å². The Balaban J connectivity index is 0.00000324. The van der Waals surface area contributed by atoms with Crippen molar-refractivity contribution < 1.29 is 8.42 Å². The van der Waals surface area contributed by atoms with Gasteiger partial charge in [0, 0.05) is 33.4 Å². The standard InChI is InChI=1S/C9H16N4O4S.ClH/c1-10-4-5-11-18(16,17)7-6-12(2)9(15)13(3)8(7)14;/h6,10-11H,4-5H2,1-3H3;1H. The second-order valence-corrected chi connectivity index (χ2v) is 5.49. The molecule has 1 aromatic heterocycles. The second kappa shape index (κ2) is 6.85. The third-order valence-electron chi connectivity index (χ3n) is 2.37. The maximum Gasteiger partial charge on any atom is 0.330 e. The van der Waals surface area contributed by atoms with Gasteiger partial charge in [-0.05, 0) is 7.05 Å². The van der Waals surface area contributed by atoms with Gasteiger partial charge >= 0.3 is 5.69 Å². The van der Waals surface area contributed by atoms with Gasteiger partial charge in [0.2, 0.25) is 10.0 Å². The Kier molecular flexibility index (Phi) is 6.43. The molecule has 1 aromatic rings. The van der Waals surface area contributed by atoms with Crippen molar-refractivity contribution in [2.75, 3.05) is 20.1 Å². The summed E-state index contributed by atoms with van der Waals surface area (Å²) in [5.41, 5.74) is -1.41. The van der Waals surface area contributed by atoms with Crippen molar-refractivity contribution in [3.05, 3.63) is 27.0 Å². The van der Waals surface area contributed by atoms with Crippen molar-refractivity contribution in [2.45, 2.75) is 4.90 Å². The van der Waals surface area contributed by atoms with E-state index in [9.17, 15) is 18.0 Å². The van der Waals surface area contributed by atoms with E-state index in [1.165, 1.54) is 14.1 Å². The highest BCUT2D eigenvalue weighted by Crippen LogP contribution is 1.98. The molecular formula is C9H17ClN4O4S. The van der Waals surface area contributed by atoms with Gasteiger partial charge in [0.25, 0.3) is 5.56 Å². The Morgan fingerprint density at radius 3 is 2.32 bits per heavy atom. The minimum Gasteiger partial charge on any atom is -0.318 e. The molecule has 0 fully saturated rings. The number of hydrogen-bond acceptors (Lipinski definition) is 5. The molecule has 1 rings (SSSR count). The van der Waals surface area contributed by atoms with E-state index in [4.69, 9.17) is 0 Å². The first-order valence-corrected chi connectivity index (χ1v) is 6.70. The van der Waals surface area contributed by atoms with Gasteiger partial charge in [-0.25, -0.2) is 17.9 Å². The Labute approximate surface area is 116 Å². The van der Waals surface area contributed by atoms with E-state index in [-0.39, 0.29) is 19.0 Å². The fourth-order valence-electron chi connectivity index (χ4n) is 1.35. The molecule has 19 heavy (non-hydrogen) atoms. The first-order chi connectivity index (χ1) is 8.31. The molecule has 1 heterocycles. The molecule has 10 heteroatoms. The fourth-order valence-corrected chi connectivity index (χ4v) is 2.54. The zero-order valence-corrected chi connectivity index (χ0v) is 12.5. The maximum absolute atomic E-state index is 11.9. The normalized spacial score (nSPS) is 11.1. The Morgan fingerprint density at radius 1 is 1.21 bits per heavy atom. The molecule has 0 aliphatic rings. The van der Waals surface area contributed by atoms with Crippen LogP contribution in [-0.2, 0) is 24.1 Å². The summed E-state index contributed by atoms with van der Waals surface area (Å²) in [6, 6.07) is 0. The van der Waals surface area contributed by atoms with Crippen LogP contribution in [0.2, 0.25) is 0 Å². The van der Waals surface area contributed by atoms with Gasteiger partial charge in [0.05, 0.1) is 0 Å². The molecule has 0 aromatic carbocycles. The maximum atomic E-state index is 11.9. The minimum absolute atomic E-state index is 0. The Hall–Kier alpha value is -1.16. The van der Waals surface area contributed by atoms with Gasteiger partial charge in [-0.1, -0.05) is 0 Å². The largest absolute Gasteiger partial charge is 0.330 e. The number of nitrogens with one attached hydrogen (secondary N) is 2. The zero-order valence-electron chi connectivity index (χ0n) is 10.8. The molecule has 0 atom stereocenters. The number of nitrogens with zero attached hydrogens (tertiary/aromatic N) is 2. The first-order valence-electron chi connectivity index (χ1n) is 5.22. The number of sulfonamides is 1. The predicted molar refractivity (Wildman–Crippen MR) is 73.3 cm³/mol. The lowest BCUT2D eigenvalue weighted by molar-refractivity contribution is 0.569. The highest BCUT2D eigenvalue weighted by atomic mass is 35.5. The van der Waals surface area contributed by atoms with E-state index in [0.717, 1.165) is 15.3 Å². The zero-order chi connectivity index (χ0) is 13.9. The molecule has 0 bridgehead atoms. The third-order valence-corrected chi connectivity index (χ3v) is 3.81. The van der Waals surface area contributed by atoms with Crippen LogP contribution >= 0.6 is 12.4 Å². The molecule has 0 unspecified atom stereocenters. The quantitative estimate of drug-likeness (QED) is 0.613. The molecule has 0 aliphatic heterocycles.